The molecule has 1 aliphatic rings. The number of amides is 3. The van der Waals surface area contributed by atoms with Gasteiger partial charge in [-0.25, -0.2) is 0 Å². The molecule has 26 heavy (non-hydrogen) atoms. The van der Waals surface area contributed by atoms with E-state index >= 15 is 0 Å². The van der Waals surface area contributed by atoms with Crippen LogP contribution >= 0.6 is 15.9 Å². The van der Waals surface area contributed by atoms with Crippen molar-refractivity contribution in [3.63, 3.8) is 0 Å². The highest BCUT2D eigenvalue weighted by atomic mass is 79.9. The number of carbonyl (C=O) groups excluding carboxylic acids is 3. The molecule has 0 unspecified atom stereocenters. The summed E-state index contributed by atoms with van der Waals surface area (Å²) in [6.07, 6.45) is 0. The van der Waals surface area contributed by atoms with Gasteiger partial charge in [0.1, 0.15) is 0 Å². The summed E-state index contributed by atoms with van der Waals surface area (Å²) < 4.78 is 0.941. The number of hydrogen-bond donors (Lipinski definition) is 1. The highest BCUT2D eigenvalue weighted by Gasteiger charge is 2.30. The van der Waals surface area contributed by atoms with Crippen LogP contribution in [-0.2, 0) is 16.1 Å². The second-order valence-electron chi connectivity index (χ2n) is 6.11. The van der Waals surface area contributed by atoms with E-state index in [0.29, 0.717) is 30.9 Å². The fourth-order valence-electron chi connectivity index (χ4n) is 2.64. The Kier molecular flexibility index (Phi) is 5.37. The molecular formula is C19H18BrN3O3. The van der Waals surface area contributed by atoms with Crippen molar-refractivity contribution >= 4 is 39.3 Å². The molecule has 0 atom stereocenters. The van der Waals surface area contributed by atoms with Gasteiger partial charge in [-0.1, -0.05) is 28.1 Å². The number of halogens is 1. The van der Waals surface area contributed by atoms with E-state index in [0.717, 1.165) is 10.0 Å². The Hall–Kier alpha value is -2.67. The van der Waals surface area contributed by atoms with Crippen LogP contribution in [0.5, 0.6) is 0 Å². The molecule has 0 saturated carbocycles. The normalized spacial score (nSPS) is 14.5. The van der Waals surface area contributed by atoms with Gasteiger partial charge in [-0.3, -0.25) is 14.4 Å². The maximum Gasteiger partial charge on any atom is 0.312 e. The summed E-state index contributed by atoms with van der Waals surface area (Å²) in [6.45, 7) is 1.39. The average Bonchev–Trinajstić information content (AvgIpc) is 2.64. The van der Waals surface area contributed by atoms with Gasteiger partial charge in [0.15, 0.2) is 0 Å². The van der Waals surface area contributed by atoms with E-state index in [9.17, 15) is 14.4 Å². The van der Waals surface area contributed by atoms with Gasteiger partial charge in [-0.2, -0.15) is 0 Å². The number of piperazine rings is 1. The van der Waals surface area contributed by atoms with Crippen LogP contribution in [-0.4, -0.2) is 47.7 Å². The van der Waals surface area contributed by atoms with Crippen LogP contribution in [0, 0.1) is 0 Å². The Morgan fingerprint density at radius 2 is 1.65 bits per heavy atom. The molecule has 0 aromatic heterocycles. The number of nitrogens with one attached hydrogen (secondary N) is 1. The zero-order valence-corrected chi connectivity index (χ0v) is 15.8. The molecular weight excluding hydrogens is 398 g/mol. The van der Waals surface area contributed by atoms with E-state index < -0.39 is 11.8 Å². The van der Waals surface area contributed by atoms with Gasteiger partial charge >= 0.3 is 11.8 Å². The summed E-state index contributed by atoms with van der Waals surface area (Å²) in [4.78, 5) is 39.0. The van der Waals surface area contributed by atoms with Crippen molar-refractivity contribution in [2.75, 3.05) is 25.5 Å². The summed E-state index contributed by atoms with van der Waals surface area (Å²) in [5, 5.41) is 2.83. The minimum absolute atomic E-state index is 0.204. The molecule has 1 fully saturated rings. The molecule has 0 aliphatic carbocycles. The largest absolute Gasteiger partial charge is 0.336 e. The van der Waals surface area contributed by atoms with Gasteiger partial charge < -0.3 is 15.1 Å². The molecule has 0 spiro atoms. The maximum absolute atomic E-state index is 12.3. The predicted molar refractivity (Wildman–Crippen MR) is 102 cm³/mol. The predicted octanol–water partition coefficient (Wildman–Crippen LogP) is 2.50. The monoisotopic (exact) mass is 415 g/mol. The highest BCUT2D eigenvalue weighted by molar-refractivity contribution is 9.10. The second-order valence-corrected chi connectivity index (χ2v) is 7.03. The number of hydrogen-bond acceptors (Lipinski definition) is 3. The lowest BCUT2D eigenvalue weighted by Gasteiger charge is -2.31. The lowest BCUT2D eigenvalue weighted by molar-refractivity contribution is -0.155. The summed E-state index contributed by atoms with van der Waals surface area (Å²) in [6, 6.07) is 14.4. The van der Waals surface area contributed by atoms with Crippen molar-refractivity contribution in [3.8, 4) is 0 Å². The SMILES string of the molecule is CN1CCN(Cc2ccc(C(=O)Nc3ccc(Br)cc3)cc2)C(=O)C1=O. The molecule has 3 amide bonds. The first kappa shape index (κ1) is 18.1. The van der Waals surface area contributed by atoms with E-state index in [2.05, 4.69) is 21.2 Å². The van der Waals surface area contributed by atoms with E-state index in [1.807, 2.05) is 24.3 Å². The lowest BCUT2D eigenvalue weighted by atomic mass is 10.1. The molecule has 2 aromatic carbocycles. The standard InChI is InChI=1S/C19H18BrN3O3/c1-22-10-11-23(19(26)18(22)25)12-13-2-4-14(5-3-13)17(24)21-16-8-6-15(20)7-9-16/h2-9H,10-12H2,1H3,(H,21,24). The molecule has 1 heterocycles. The smallest absolute Gasteiger partial charge is 0.312 e. The topological polar surface area (TPSA) is 69.7 Å². The van der Waals surface area contributed by atoms with Crippen LogP contribution in [0.1, 0.15) is 15.9 Å². The molecule has 3 rings (SSSR count). The second kappa shape index (κ2) is 7.70. The van der Waals surface area contributed by atoms with Gasteiger partial charge in [0.05, 0.1) is 0 Å². The zero-order valence-electron chi connectivity index (χ0n) is 14.2. The molecule has 0 radical (unpaired) electrons. The Balaban J connectivity index is 1.63. The van der Waals surface area contributed by atoms with E-state index in [1.165, 1.54) is 9.80 Å². The molecule has 1 N–H and O–H groups in total. The maximum atomic E-state index is 12.3. The Bertz CT molecular complexity index is 834. The van der Waals surface area contributed by atoms with Crippen molar-refractivity contribution in [2.45, 2.75) is 6.54 Å². The minimum Gasteiger partial charge on any atom is -0.336 e. The van der Waals surface area contributed by atoms with Crippen LogP contribution in [0.25, 0.3) is 0 Å². The molecule has 134 valence electrons. The molecule has 7 heteroatoms. The first-order valence-corrected chi connectivity index (χ1v) is 8.93. The third-order valence-corrected chi connectivity index (χ3v) is 4.74. The first-order valence-electron chi connectivity index (χ1n) is 8.14. The van der Waals surface area contributed by atoms with Crippen LogP contribution in [0.4, 0.5) is 5.69 Å². The Labute approximate surface area is 159 Å². The van der Waals surface area contributed by atoms with E-state index in [1.54, 1.807) is 31.3 Å². The third kappa shape index (κ3) is 4.11. The lowest BCUT2D eigenvalue weighted by Crippen LogP contribution is -2.52. The van der Waals surface area contributed by atoms with Crippen molar-refractivity contribution in [1.29, 1.82) is 0 Å². The fourth-order valence-corrected chi connectivity index (χ4v) is 2.91. The van der Waals surface area contributed by atoms with Crippen LogP contribution in [0.3, 0.4) is 0 Å². The molecule has 1 saturated heterocycles. The van der Waals surface area contributed by atoms with Gasteiger partial charge in [-0.05, 0) is 42.0 Å². The zero-order chi connectivity index (χ0) is 18.7. The van der Waals surface area contributed by atoms with Crippen LogP contribution < -0.4 is 5.32 Å². The van der Waals surface area contributed by atoms with Crippen molar-refractivity contribution in [3.05, 3.63) is 64.1 Å². The van der Waals surface area contributed by atoms with Crippen molar-refractivity contribution in [1.82, 2.24) is 9.80 Å². The quantitative estimate of drug-likeness (QED) is 0.779. The number of benzene rings is 2. The molecule has 2 aromatic rings. The Morgan fingerprint density at radius 1 is 1.00 bits per heavy atom. The van der Waals surface area contributed by atoms with Gasteiger partial charge in [0, 0.05) is 42.4 Å². The summed E-state index contributed by atoms with van der Waals surface area (Å²) in [5.41, 5.74) is 2.11. The number of likely N-dealkylation sites (N-methyl/N-ethyl adjacent to an activating group) is 1. The molecule has 1 aliphatic heterocycles. The van der Waals surface area contributed by atoms with Gasteiger partial charge in [0.25, 0.3) is 5.91 Å². The number of carbonyl (C=O) groups is 3. The molecule has 6 nitrogen and oxygen atoms in total. The highest BCUT2D eigenvalue weighted by Crippen LogP contribution is 2.16. The summed E-state index contributed by atoms with van der Waals surface area (Å²) in [5.74, 6) is -1.18. The number of anilines is 1. The van der Waals surface area contributed by atoms with E-state index in [-0.39, 0.29) is 5.91 Å². The fraction of sp³-hybridized carbons (Fsp3) is 0.211. The van der Waals surface area contributed by atoms with E-state index in [4.69, 9.17) is 0 Å². The number of rotatable bonds is 4. The summed E-state index contributed by atoms with van der Waals surface area (Å²) in [7, 11) is 1.62. The number of nitrogens with zero attached hydrogens (tertiary/aromatic N) is 2. The van der Waals surface area contributed by atoms with Crippen LogP contribution in [0.15, 0.2) is 53.0 Å². The van der Waals surface area contributed by atoms with Gasteiger partial charge in [0.2, 0.25) is 0 Å². The van der Waals surface area contributed by atoms with Gasteiger partial charge in [-0.15, -0.1) is 0 Å². The van der Waals surface area contributed by atoms with Crippen LogP contribution in [0.2, 0.25) is 0 Å². The minimum atomic E-state index is -0.490. The third-order valence-electron chi connectivity index (χ3n) is 4.21. The Morgan fingerprint density at radius 3 is 2.31 bits per heavy atom. The first-order chi connectivity index (χ1) is 12.4. The summed E-state index contributed by atoms with van der Waals surface area (Å²) >= 11 is 3.35. The van der Waals surface area contributed by atoms with Crippen molar-refractivity contribution in [2.24, 2.45) is 0 Å². The molecule has 0 bridgehead atoms. The average molecular weight is 416 g/mol. The van der Waals surface area contributed by atoms with Crippen molar-refractivity contribution < 1.29 is 14.4 Å².